The molecule has 6 nitrogen and oxygen atoms in total. The zero-order chi connectivity index (χ0) is 24.1. The molecule has 3 fully saturated rings. The van der Waals surface area contributed by atoms with Crippen molar-refractivity contribution in [2.45, 2.75) is 37.8 Å². The first kappa shape index (κ1) is 24.5. The van der Waals surface area contributed by atoms with Crippen LogP contribution in [0.2, 0.25) is 5.02 Å². The number of β-amino-alcohol motifs (C(OH)–C–C–N with tert-alkyl or cyclic N) is 1. The summed E-state index contributed by atoms with van der Waals surface area (Å²) in [5.74, 6) is 0.914. The monoisotopic (exact) mass is 484 g/mol. The Morgan fingerprint density at radius 3 is 2.59 bits per heavy atom. The number of hydrogen-bond donors (Lipinski definition) is 2. The van der Waals surface area contributed by atoms with Crippen LogP contribution in [0.1, 0.15) is 31.2 Å². The number of carbonyl (C=O) groups excluding carboxylic acids is 1. The van der Waals surface area contributed by atoms with Gasteiger partial charge in [-0.3, -0.25) is 4.90 Å². The van der Waals surface area contributed by atoms with Crippen LogP contribution in [0.3, 0.4) is 0 Å². The normalized spacial score (nSPS) is 25.0. The van der Waals surface area contributed by atoms with E-state index in [-0.39, 0.29) is 23.2 Å². The van der Waals surface area contributed by atoms with Gasteiger partial charge in [0.1, 0.15) is 5.82 Å². The molecule has 3 aliphatic rings. The van der Waals surface area contributed by atoms with Crippen LogP contribution >= 0.6 is 11.6 Å². The van der Waals surface area contributed by atoms with Gasteiger partial charge in [-0.15, -0.1) is 0 Å². The lowest BCUT2D eigenvalue weighted by molar-refractivity contribution is 0.154. The number of fused-ring (bicyclic) bond motifs is 1. The summed E-state index contributed by atoms with van der Waals surface area (Å²) in [6.07, 6.45) is 4.02. The van der Waals surface area contributed by atoms with E-state index in [4.69, 9.17) is 16.9 Å². The summed E-state index contributed by atoms with van der Waals surface area (Å²) in [5, 5.41) is 20.9. The van der Waals surface area contributed by atoms with E-state index in [9.17, 15) is 14.3 Å². The Morgan fingerprint density at radius 1 is 1.24 bits per heavy atom. The van der Waals surface area contributed by atoms with Crippen molar-refractivity contribution in [3.8, 4) is 6.07 Å². The number of aliphatic hydroxyl groups is 1. The van der Waals surface area contributed by atoms with Crippen molar-refractivity contribution in [1.29, 1.82) is 5.26 Å². The molecule has 4 atom stereocenters. The molecule has 2 N–H and O–H groups in total. The molecule has 2 aliphatic carbocycles. The number of benzene rings is 2. The van der Waals surface area contributed by atoms with Crippen molar-refractivity contribution in [2.24, 2.45) is 11.8 Å². The van der Waals surface area contributed by atoms with Crippen LogP contribution in [-0.4, -0.2) is 59.3 Å². The second kappa shape index (κ2) is 11.2. The third-order valence-corrected chi connectivity index (χ3v) is 7.23. The molecule has 5 rings (SSSR count). The van der Waals surface area contributed by atoms with E-state index in [1.54, 1.807) is 12.1 Å². The van der Waals surface area contributed by atoms with Crippen molar-refractivity contribution >= 4 is 23.3 Å². The van der Waals surface area contributed by atoms with E-state index in [0.717, 1.165) is 31.8 Å². The second-order valence-electron chi connectivity index (χ2n) is 9.28. The van der Waals surface area contributed by atoms with Crippen LogP contribution in [0.4, 0.5) is 14.9 Å². The van der Waals surface area contributed by atoms with E-state index >= 15 is 0 Å². The summed E-state index contributed by atoms with van der Waals surface area (Å²) in [4.78, 5) is 17.1. The van der Waals surface area contributed by atoms with Crippen LogP contribution in [-0.2, 0) is 0 Å². The molecule has 2 saturated carbocycles. The van der Waals surface area contributed by atoms with Crippen molar-refractivity contribution in [2.75, 3.05) is 31.5 Å². The van der Waals surface area contributed by atoms with Crippen LogP contribution < -0.4 is 5.32 Å². The molecule has 0 spiro atoms. The number of nitrogens with one attached hydrogen (secondary N) is 1. The minimum absolute atomic E-state index is 0.00327. The van der Waals surface area contributed by atoms with Crippen LogP contribution in [0, 0.1) is 29.0 Å². The summed E-state index contributed by atoms with van der Waals surface area (Å²) in [6, 6.07) is 15.5. The summed E-state index contributed by atoms with van der Waals surface area (Å²) in [5.41, 5.74) is 1.22. The number of anilines is 1. The molecule has 8 heteroatoms. The molecule has 180 valence electrons. The quantitative estimate of drug-likeness (QED) is 0.642. The fraction of sp³-hybridized carbons (Fsp3) is 0.462. The average molecular weight is 485 g/mol. The lowest BCUT2D eigenvalue weighted by atomic mass is 10.1. The van der Waals surface area contributed by atoms with Gasteiger partial charge in [0.2, 0.25) is 0 Å². The predicted molar refractivity (Wildman–Crippen MR) is 130 cm³/mol. The van der Waals surface area contributed by atoms with E-state index < -0.39 is 5.82 Å². The topological polar surface area (TPSA) is 79.6 Å². The number of rotatable bonds is 5. The Hall–Kier alpha value is -2.66. The van der Waals surface area contributed by atoms with E-state index in [1.165, 1.54) is 31.0 Å². The molecule has 34 heavy (non-hydrogen) atoms. The number of urea groups is 1. The lowest BCUT2D eigenvalue weighted by Crippen LogP contribution is -2.46. The van der Waals surface area contributed by atoms with Gasteiger partial charge in [-0.2, -0.15) is 5.26 Å². The molecule has 4 unspecified atom stereocenters. The number of likely N-dealkylation sites (tertiary alicyclic amines) is 1. The van der Waals surface area contributed by atoms with Gasteiger partial charge in [-0.25, -0.2) is 9.18 Å². The Bertz CT molecular complexity index is 1030. The van der Waals surface area contributed by atoms with Crippen molar-refractivity contribution in [3.05, 3.63) is 64.9 Å². The Kier molecular flexibility index (Phi) is 8.04. The third-order valence-electron chi connectivity index (χ3n) is 6.94. The molecule has 1 aliphatic heterocycles. The molecular weight excluding hydrogens is 455 g/mol. The maximum atomic E-state index is 13.3. The summed E-state index contributed by atoms with van der Waals surface area (Å²) in [7, 11) is 0. The Morgan fingerprint density at radius 2 is 2.03 bits per heavy atom. The van der Waals surface area contributed by atoms with Gasteiger partial charge in [-0.05, 0) is 67.9 Å². The predicted octanol–water partition coefficient (Wildman–Crippen LogP) is 4.74. The van der Waals surface area contributed by atoms with Crippen molar-refractivity contribution in [1.82, 2.24) is 9.80 Å². The maximum Gasteiger partial charge on any atom is 0.322 e. The smallest absolute Gasteiger partial charge is 0.322 e. The minimum atomic E-state index is -0.495. The lowest BCUT2D eigenvalue weighted by Gasteiger charge is -2.32. The molecule has 1 saturated heterocycles. The van der Waals surface area contributed by atoms with Gasteiger partial charge in [0.25, 0.3) is 0 Å². The number of nitrogens with zero attached hydrogens (tertiary/aromatic N) is 3. The molecule has 2 aromatic carbocycles. The highest BCUT2D eigenvalue weighted by atomic mass is 35.5. The molecule has 1 heterocycles. The molecule has 2 amide bonds. The van der Waals surface area contributed by atoms with Crippen LogP contribution in [0.25, 0.3) is 0 Å². The highest BCUT2D eigenvalue weighted by molar-refractivity contribution is 6.31. The fourth-order valence-electron chi connectivity index (χ4n) is 5.02. The largest absolute Gasteiger partial charge is 0.392 e. The van der Waals surface area contributed by atoms with E-state index in [0.29, 0.717) is 30.3 Å². The number of amides is 2. The Labute approximate surface area is 204 Å². The van der Waals surface area contributed by atoms with Gasteiger partial charge in [0.05, 0.1) is 22.8 Å². The van der Waals surface area contributed by atoms with Crippen molar-refractivity contribution in [3.63, 3.8) is 0 Å². The summed E-state index contributed by atoms with van der Waals surface area (Å²) in [6.45, 7) is 2.96. The molecule has 2 aromatic rings. The van der Waals surface area contributed by atoms with E-state index in [2.05, 4.69) is 10.2 Å². The fourth-order valence-corrected chi connectivity index (χ4v) is 5.20. The highest BCUT2D eigenvalue weighted by Crippen LogP contribution is 2.53. The maximum absolute atomic E-state index is 13.3. The first-order valence-electron chi connectivity index (χ1n) is 11.8. The van der Waals surface area contributed by atoms with Gasteiger partial charge < -0.3 is 15.3 Å². The zero-order valence-corrected chi connectivity index (χ0v) is 19.8. The number of hydrogen-bond acceptors (Lipinski definition) is 4. The summed E-state index contributed by atoms with van der Waals surface area (Å²) < 4.78 is 13.3. The van der Waals surface area contributed by atoms with Gasteiger partial charge >= 0.3 is 6.03 Å². The zero-order valence-electron chi connectivity index (χ0n) is 19.0. The van der Waals surface area contributed by atoms with Crippen LogP contribution in [0.5, 0.6) is 0 Å². The molecule has 0 radical (unpaired) electrons. The van der Waals surface area contributed by atoms with Gasteiger partial charge in [0.15, 0.2) is 0 Å². The van der Waals surface area contributed by atoms with E-state index in [1.807, 2.05) is 29.2 Å². The number of halogens is 2. The first-order valence-corrected chi connectivity index (χ1v) is 12.2. The Balaban J connectivity index is 0.000000291. The standard InChI is InChI=1S/C19H25ClFN3O2.C7H5N/c20-16-10-13(2-3-17(16)21)22-19(26)24(18-4-1-12-9-15(12)18)8-7-23-6-5-14(25)11-23;8-6-7-4-2-1-3-5-7/h2-3,10,12,14-15,18,25H,1,4-9,11H2,(H,22,26);1-5H. The number of aliphatic hydroxyl groups excluding tert-OH is 1. The molecule has 0 bridgehead atoms. The van der Waals surface area contributed by atoms with Gasteiger partial charge in [-0.1, -0.05) is 29.8 Å². The van der Waals surface area contributed by atoms with Crippen molar-refractivity contribution < 1.29 is 14.3 Å². The van der Waals surface area contributed by atoms with Gasteiger partial charge in [0, 0.05) is 37.9 Å². The minimum Gasteiger partial charge on any atom is -0.392 e. The first-order chi connectivity index (χ1) is 16.4. The second-order valence-corrected chi connectivity index (χ2v) is 9.68. The molecule has 0 aromatic heterocycles. The average Bonchev–Trinajstić information content (AvgIpc) is 3.32. The highest BCUT2D eigenvalue weighted by Gasteiger charge is 2.51. The third kappa shape index (κ3) is 6.26. The number of carbonyl (C=O) groups is 1. The number of nitriles is 1. The SMILES string of the molecule is N#Cc1ccccc1.O=C(Nc1ccc(F)c(Cl)c1)N(CCN1CCC(O)C1)C1CCC2CC21. The molecular formula is C26H30ClFN4O2. The van der Waals surface area contributed by atoms with Crippen LogP contribution in [0.15, 0.2) is 48.5 Å². The summed E-state index contributed by atoms with van der Waals surface area (Å²) >= 11 is 5.82.